The van der Waals surface area contributed by atoms with E-state index in [-0.39, 0.29) is 24.2 Å². The zero-order chi connectivity index (χ0) is 24.2. The maximum Gasteiger partial charge on any atom is 0.270 e. The fourth-order valence-electron chi connectivity index (χ4n) is 3.80. The van der Waals surface area contributed by atoms with Crippen molar-refractivity contribution >= 4 is 40.4 Å². The SMILES string of the molecule is CCOc1ccc(N2C(=O)CC(N(Cc3cccs3)C(=O)c3cccc([N+](=O)[O-])c3)C2=O)cc1. The monoisotopic (exact) mass is 479 g/mol. The fraction of sp³-hybridized carbons (Fsp3) is 0.208. The van der Waals surface area contributed by atoms with Crippen molar-refractivity contribution in [2.45, 2.75) is 25.9 Å². The molecule has 1 aliphatic heterocycles. The molecule has 10 heteroatoms. The first-order valence-corrected chi connectivity index (χ1v) is 11.4. The van der Waals surface area contributed by atoms with Crippen LogP contribution in [0.5, 0.6) is 5.75 Å². The van der Waals surface area contributed by atoms with Gasteiger partial charge in [-0.1, -0.05) is 12.1 Å². The maximum atomic E-state index is 13.5. The lowest BCUT2D eigenvalue weighted by Gasteiger charge is -2.27. The Morgan fingerprint density at radius 3 is 2.59 bits per heavy atom. The Morgan fingerprint density at radius 2 is 1.94 bits per heavy atom. The lowest BCUT2D eigenvalue weighted by Crippen LogP contribution is -2.45. The summed E-state index contributed by atoms with van der Waals surface area (Å²) in [5.74, 6) is -0.898. The van der Waals surface area contributed by atoms with E-state index < -0.39 is 28.7 Å². The van der Waals surface area contributed by atoms with Crippen molar-refractivity contribution in [2.75, 3.05) is 11.5 Å². The standard InChI is InChI=1S/C24H21N3O6S/c1-2-33-19-10-8-17(9-11-19)26-22(28)14-21(24(26)30)25(15-20-7-4-12-34-20)23(29)16-5-3-6-18(13-16)27(31)32/h3-13,21H,2,14-15H2,1H3. The van der Waals surface area contributed by atoms with Crippen molar-refractivity contribution < 1.29 is 24.0 Å². The van der Waals surface area contributed by atoms with Gasteiger partial charge in [-0.3, -0.25) is 24.5 Å². The van der Waals surface area contributed by atoms with Gasteiger partial charge < -0.3 is 9.64 Å². The molecule has 1 fully saturated rings. The highest BCUT2D eigenvalue weighted by Gasteiger charge is 2.44. The number of thiophene rings is 1. The Bertz CT molecular complexity index is 1230. The summed E-state index contributed by atoms with van der Waals surface area (Å²) in [5.41, 5.74) is 0.233. The molecule has 0 saturated carbocycles. The Kier molecular flexibility index (Phi) is 6.69. The van der Waals surface area contributed by atoms with Gasteiger partial charge in [0.15, 0.2) is 0 Å². The van der Waals surface area contributed by atoms with E-state index in [1.165, 1.54) is 40.5 Å². The van der Waals surface area contributed by atoms with E-state index in [9.17, 15) is 24.5 Å². The number of nitrogens with zero attached hydrogens (tertiary/aromatic N) is 3. The van der Waals surface area contributed by atoms with Crippen LogP contribution >= 0.6 is 11.3 Å². The number of anilines is 1. The molecule has 4 rings (SSSR count). The van der Waals surface area contributed by atoms with E-state index in [0.29, 0.717) is 18.0 Å². The summed E-state index contributed by atoms with van der Waals surface area (Å²) in [6, 6.07) is 14.5. The number of carbonyl (C=O) groups is 3. The lowest BCUT2D eigenvalue weighted by molar-refractivity contribution is -0.384. The smallest absolute Gasteiger partial charge is 0.270 e. The van der Waals surface area contributed by atoms with Crippen molar-refractivity contribution in [3.8, 4) is 5.75 Å². The molecule has 1 saturated heterocycles. The fourth-order valence-corrected chi connectivity index (χ4v) is 4.50. The summed E-state index contributed by atoms with van der Waals surface area (Å²) < 4.78 is 5.41. The van der Waals surface area contributed by atoms with Crippen LogP contribution in [0.4, 0.5) is 11.4 Å². The third kappa shape index (κ3) is 4.67. The van der Waals surface area contributed by atoms with Crippen LogP contribution in [0.15, 0.2) is 66.0 Å². The second-order valence-corrected chi connectivity index (χ2v) is 8.57. The van der Waals surface area contributed by atoms with E-state index in [2.05, 4.69) is 0 Å². The minimum Gasteiger partial charge on any atom is -0.494 e. The van der Waals surface area contributed by atoms with Gasteiger partial charge in [0, 0.05) is 22.6 Å². The average molecular weight is 480 g/mol. The maximum absolute atomic E-state index is 13.5. The number of rotatable bonds is 8. The van der Waals surface area contributed by atoms with Gasteiger partial charge in [0.1, 0.15) is 11.8 Å². The number of nitro benzene ring substituents is 1. The van der Waals surface area contributed by atoms with Gasteiger partial charge in [0.25, 0.3) is 17.5 Å². The van der Waals surface area contributed by atoms with E-state index >= 15 is 0 Å². The Morgan fingerprint density at radius 1 is 1.18 bits per heavy atom. The van der Waals surface area contributed by atoms with Gasteiger partial charge in [-0.25, -0.2) is 4.90 Å². The molecule has 1 atom stereocenters. The first-order chi connectivity index (χ1) is 16.4. The highest BCUT2D eigenvalue weighted by Crippen LogP contribution is 2.30. The zero-order valence-electron chi connectivity index (χ0n) is 18.2. The van der Waals surface area contributed by atoms with Crippen molar-refractivity contribution in [1.29, 1.82) is 0 Å². The molecular formula is C24H21N3O6S. The van der Waals surface area contributed by atoms with Crippen LogP contribution in [-0.2, 0) is 16.1 Å². The van der Waals surface area contributed by atoms with Crippen LogP contribution in [0.3, 0.4) is 0 Å². The molecule has 0 aliphatic carbocycles. The molecule has 1 aliphatic rings. The molecule has 1 unspecified atom stereocenters. The summed E-state index contributed by atoms with van der Waals surface area (Å²) in [7, 11) is 0. The van der Waals surface area contributed by atoms with Crippen LogP contribution in [0.1, 0.15) is 28.6 Å². The first-order valence-electron chi connectivity index (χ1n) is 10.6. The van der Waals surface area contributed by atoms with E-state index in [4.69, 9.17) is 4.74 Å². The number of hydrogen-bond donors (Lipinski definition) is 0. The van der Waals surface area contributed by atoms with Gasteiger partial charge in [0.05, 0.1) is 30.2 Å². The normalized spacial score (nSPS) is 15.4. The first kappa shape index (κ1) is 23.1. The highest BCUT2D eigenvalue weighted by atomic mass is 32.1. The van der Waals surface area contributed by atoms with Crippen molar-refractivity contribution in [1.82, 2.24) is 4.90 Å². The van der Waals surface area contributed by atoms with Gasteiger partial charge in [-0.15, -0.1) is 11.3 Å². The van der Waals surface area contributed by atoms with Crippen molar-refractivity contribution in [3.63, 3.8) is 0 Å². The molecule has 2 aromatic carbocycles. The molecule has 174 valence electrons. The highest BCUT2D eigenvalue weighted by molar-refractivity contribution is 7.09. The number of ether oxygens (including phenoxy) is 1. The topological polar surface area (TPSA) is 110 Å². The number of benzene rings is 2. The Balaban J connectivity index is 1.65. The molecule has 3 amide bonds. The Hall–Kier alpha value is -4.05. The molecule has 1 aromatic heterocycles. The van der Waals surface area contributed by atoms with Gasteiger partial charge in [-0.05, 0) is 48.7 Å². The third-order valence-corrected chi connectivity index (χ3v) is 6.24. The predicted molar refractivity (Wildman–Crippen MR) is 126 cm³/mol. The van der Waals surface area contributed by atoms with Crippen LogP contribution in [0, 0.1) is 10.1 Å². The number of non-ortho nitro benzene ring substituents is 1. The number of carbonyl (C=O) groups excluding carboxylic acids is 3. The molecular weight excluding hydrogens is 458 g/mol. The summed E-state index contributed by atoms with van der Waals surface area (Å²) >= 11 is 1.41. The van der Waals surface area contributed by atoms with Gasteiger partial charge in [-0.2, -0.15) is 0 Å². The summed E-state index contributed by atoms with van der Waals surface area (Å²) in [6.45, 7) is 2.44. The summed E-state index contributed by atoms with van der Waals surface area (Å²) in [4.78, 5) is 53.5. The quantitative estimate of drug-likeness (QED) is 0.274. The van der Waals surface area contributed by atoms with Gasteiger partial charge >= 0.3 is 0 Å². The van der Waals surface area contributed by atoms with Crippen LogP contribution < -0.4 is 9.64 Å². The van der Waals surface area contributed by atoms with Gasteiger partial charge in [0.2, 0.25) is 5.91 Å². The number of amides is 3. The number of imide groups is 1. The molecule has 9 nitrogen and oxygen atoms in total. The van der Waals surface area contributed by atoms with E-state index in [1.54, 1.807) is 24.3 Å². The van der Waals surface area contributed by atoms with Crippen molar-refractivity contribution in [2.24, 2.45) is 0 Å². The number of hydrogen-bond acceptors (Lipinski definition) is 7. The lowest BCUT2D eigenvalue weighted by atomic mass is 10.1. The molecule has 0 N–H and O–H groups in total. The molecule has 0 spiro atoms. The van der Waals surface area contributed by atoms with E-state index in [1.807, 2.05) is 24.4 Å². The van der Waals surface area contributed by atoms with Crippen LogP contribution in [0.2, 0.25) is 0 Å². The van der Waals surface area contributed by atoms with Crippen molar-refractivity contribution in [3.05, 3.63) is 86.6 Å². The van der Waals surface area contributed by atoms with E-state index in [0.717, 1.165) is 9.78 Å². The second kappa shape index (κ2) is 9.84. The second-order valence-electron chi connectivity index (χ2n) is 7.53. The summed E-state index contributed by atoms with van der Waals surface area (Å²) in [5, 5.41) is 13.0. The molecule has 0 radical (unpaired) electrons. The third-order valence-electron chi connectivity index (χ3n) is 5.38. The minimum atomic E-state index is -1.03. The predicted octanol–water partition coefficient (Wildman–Crippen LogP) is 4.03. The summed E-state index contributed by atoms with van der Waals surface area (Å²) in [6.07, 6.45) is -0.182. The number of nitro groups is 1. The average Bonchev–Trinajstić information content (AvgIpc) is 3.45. The zero-order valence-corrected chi connectivity index (χ0v) is 19.1. The molecule has 0 bridgehead atoms. The molecule has 3 aromatic rings. The van der Waals surface area contributed by atoms with Crippen LogP contribution in [-0.4, -0.2) is 40.2 Å². The minimum absolute atomic E-state index is 0.0746. The largest absolute Gasteiger partial charge is 0.494 e. The van der Waals surface area contributed by atoms with Crippen LogP contribution in [0.25, 0.3) is 0 Å². The molecule has 34 heavy (non-hydrogen) atoms. The molecule has 2 heterocycles. The Labute approximate surface area is 199 Å².